The van der Waals surface area contributed by atoms with Gasteiger partial charge in [-0.15, -0.1) is 0 Å². The number of nitrogens with zero attached hydrogens (tertiary/aromatic N) is 2. The summed E-state index contributed by atoms with van der Waals surface area (Å²) < 4.78 is 1.66. The van der Waals surface area contributed by atoms with Crippen LogP contribution < -0.4 is 0 Å². The Morgan fingerprint density at radius 3 is 2.90 bits per heavy atom. The van der Waals surface area contributed by atoms with Crippen molar-refractivity contribution in [1.29, 1.82) is 0 Å². The van der Waals surface area contributed by atoms with E-state index in [1.807, 2.05) is 13.8 Å². The Morgan fingerprint density at radius 2 is 2.15 bits per heavy atom. The van der Waals surface area contributed by atoms with Crippen LogP contribution in [0.1, 0.15) is 44.9 Å². The lowest BCUT2D eigenvalue weighted by molar-refractivity contribution is 0.0682. The van der Waals surface area contributed by atoms with Crippen molar-refractivity contribution < 1.29 is 9.90 Å². The van der Waals surface area contributed by atoms with E-state index in [2.05, 4.69) is 23.3 Å². The molecule has 1 aromatic heterocycles. The summed E-state index contributed by atoms with van der Waals surface area (Å²) in [5.41, 5.74) is 5.76. The molecule has 0 saturated carbocycles. The molecule has 3 rings (SSSR count). The summed E-state index contributed by atoms with van der Waals surface area (Å²) in [4.78, 5) is 11.5. The first-order valence-corrected chi connectivity index (χ1v) is 6.94. The van der Waals surface area contributed by atoms with E-state index in [1.54, 1.807) is 4.68 Å². The maximum Gasteiger partial charge on any atom is 0.354 e. The number of aromatic carboxylic acids is 1. The summed E-state index contributed by atoms with van der Waals surface area (Å²) >= 11 is 0. The van der Waals surface area contributed by atoms with Crippen molar-refractivity contribution >= 4 is 5.97 Å². The Morgan fingerprint density at radius 1 is 1.35 bits per heavy atom. The van der Waals surface area contributed by atoms with Gasteiger partial charge in [-0.2, -0.15) is 5.10 Å². The van der Waals surface area contributed by atoms with Crippen molar-refractivity contribution in [3.8, 4) is 0 Å². The normalized spacial score (nSPS) is 13.5. The molecule has 4 nitrogen and oxygen atoms in total. The summed E-state index contributed by atoms with van der Waals surface area (Å²) in [7, 11) is 0. The van der Waals surface area contributed by atoms with Gasteiger partial charge in [0.15, 0.2) is 0 Å². The van der Waals surface area contributed by atoms with Gasteiger partial charge in [-0.1, -0.05) is 23.8 Å². The quantitative estimate of drug-likeness (QED) is 0.933. The smallest absolute Gasteiger partial charge is 0.354 e. The molecule has 0 atom stereocenters. The van der Waals surface area contributed by atoms with E-state index in [9.17, 15) is 9.90 Å². The molecule has 20 heavy (non-hydrogen) atoms. The third-order valence-electron chi connectivity index (χ3n) is 4.00. The van der Waals surface area contributed by atoms with Crippen molar-refractivity contribution in [3.63, 3.8) is 0 Å². The number of rotatable bonds is 3. The standard InChI is InChI=1S/C16H18N2O2/c1-10-6-7-11(2)12(8-10)9-18-15(16(19)20)13-4-3-5-14(13)17-18/h6-8H,3-5,9H2,1-2H3,(H,19,20). The van der Waals surface area contributed by atoms with Gasteiger partial charge in [0.2, 0.25) is 0 Å². The van der Waals surface area contributed by atoms with Gasteiger partial charge in [0, 0.05) is 5.56 Å². The van der Waals surface area contributed by atoms with Crippen LogP contribution in [0.2, 0.25) is 0 Å². The lowest BCUT2D eigenvalue weighted by Gasteiger charge is -2.10. The van der Waals surface area contributed by atoms with E-state index >= 15 is 0 Å². The number of aromatic nitrogens is 2. The second-order valence-corrected chi connectivity index (χ2v) is 5.52. The topological polar surface area (TPSA) is 55.1 Å². The van der Waals surface area contributed by atoms with Gasteiger partial charge in [-0.3, -0.25) is 4.68 Å². The molecular formula is C16H18N2O2. The first kappa shape index (κ1) is 12.9. The second-order valence-electron chi connectivity index (χ2n) is 5.52. The van der Waals surface area contributed by atoms with E-state index in [0.29, 0.717) is 12.2 Å². The Hall–Kier alpha value is -2.10. The van der Waals surface area contributed by atoms with Crippen LogP contribution >= 0.6 is 0 Å². The van der Waals surface area contributed by atoms with Crippen LogP contribution in [0.3, 0.4) is 0 Å². The molecule has 0 unspecified atom stereocenters. The minimum atomic E-state index is -0.869. The number of hydrogen-bond donors (Lipinski definition) is 1. The van der Waals surface area contributed by atoms with E-state index in [1.165, 1.54) is 11.1 Å². The maximum absolute atomic E-state index is 11.5. The van der Waals surface area contributed by atoms with Crippen LogP contribution in [-0.2, 0) is 19.4 Å². The first-order chi connectivity index (χ1) is 9.56. The third kappa shape index (κ3) is 2.11. The lowest BCUT2D eigenvalue weighted by atomic mass is 10.1. The molecule has 1 aliphatic carbocycles. The largest absolute Gasteiger partial charge is 0.477 e. The fraction of sp³-hybridized carbons (Fsp3) is 0.375. The molecule has 1 heterocycles. The molecule has 0 fully saturated rings. The molecule has 0 aliphatic heterocycles. The zero-order valence-electron chi connectivity index (χ0n) is 11.8. The van der Waals surface area contributed by atoms with Gasteiger partial charge in [0.05, 0.1) is 12.2 Å². The number of carboxylic acids is 1. The number of aryl methyl sites for hydroxylation is 3. The number of fused-ring (bicyclic) bond motifs is 1. The number of hydrogen-bond acceptors (Lipinski definition) is 2. The van der Waals surface area contributed by atoms with Gasteiger partial charge in [0.25, 0.3) is 0 Å². The van der Waals surface area contributed by atoms with Gasteiger partial charge in [-0.05, 0) is 44.2 Å². The SMILES string of the molecule is Cc1ccc(C)c(Cn2nc3c(c2C(=O)O)CCC3)c1. The zero-order valence-corrected chi connectivity index (χ0v) is 11.8. The monoisotopic (exact) mass is 270 g/mol. The van der Waals surface area contributed by atoms with Crippen LogP contribution in [0.4, 0.5) is 0 Å². The Labute approximate surface area is 118 Å². The fourth-order valence-corrected chi connectivity index (χ4v) is 2.93. The van der Waals surface area contributed by atoms with Gasteiger partial charge < -0.3 is 5.11 Å². The summed E-state index contributed by atoms with van der Waals surface area (Å²) in [6.45, 7) is 4.62. The molecule has 0 radical (unpaired) electrons. The minimum absolute atomic E-state index is 0.374. The number of carbonyl (C=O) groups is 1. The van der Waals surface area contributed by atoms with E-state index in [-0.39, 0.29) is 0 Å². The predicted octanol–water partition coefficient (Wildman–Crippen LogP) is 2.74. The molecule has 1 aromatic carbocycles. The third-order valence-corrected chi connectivity index (χ3v) is 4.00. The van der Waals surface area contributed by atoms with Crippen LogP contribution in [0.5, 0.6) is 0 Å². The molecule has 1 N–H and O–H groups in total. The van der Waals surface area contributed by atoms with Gasteiger partial charge in [0.1, 0.15) is 5.69 Å². The minimum Gasteiger partial charge on any atom is -0.477 e. The molecule has 104 valence electrons. The summed E-state index contributed by atoms with van der Waals surface area (Å²) in [5, 5.41) is 14.0. The highest BCUT2D eigenvalue weighted by molar-refractivity contribution is 5.88. The van der Waals surface area contributed by atoms with Crippen molar-refractivity contribution in [2.45, 2.75) is 39.7 Å². The van der Waals surface area contributed by atoms with Crippen molar-refractivity contribution in [2.75, 3.05) is 0 Å². The van der Waals surface area contributed by atoms with Gasteiger partial charge >= 0.3 is 5.97 Å². The van der Waals surface area contributed by atoms with Crippen LogP contribution in [0.25, 0.3) is 0 Å². The Kier molecular flexibility index (Phi) is 3.08. The second kappa shape index (κ2) is 4.78. The molecular weight excluding hydrogens is 252 g/mol. The maximum atomic E-state index is 11.5. The van der Waals surface area contributed by atoms with E-state index in [4.69, 9.17) is 0 Å². The van der Waals surface area contributed by atoms with Crippen molar-refractivity contribution in [1.82, 2.24) is 9.78 Å². The number of benzene rings is 1. The highest BCUT2D eigenvalue weighted by Crippen LogP contribution is 2.26. The highest BCUT2D eigenvalue weighted by atomic mass is 16.4. The fourth-order valence-electron chi connectivity index (χ4n) is 2.93. The average molecular weight is 270 g/mol. The van der Waals surface area contributed by atoms with Crippen LogP contribution in [0.15, 0.2) is 18.2 Å². The molecule has 0 spiro atoms. The Bertz CT molecular complexity index is 686. The van der Waals surface area contributed by atoms with E-state index < -0.39 is 5.97 Å². The molecule has 4 heteroatoms. The molecule has 0 amide bonds. The highest BCUT2D eigenvalue weighted by Gasteiger charge is 2.26. The molecule has 2 aromatic rings. The Balaban J connectivity index is 2.03. The summed E-state index contributed by atoms with van der Waals surface area (Å²) in [5.74, 6) is -0.869. The molecule has 1 aliphatic rings. The average Bonchev–Trinajstić information content (AvgIpc) is 2.93. The summed E-state index contributed by atoms with van der Waals surface area (Å²) in [6, 6.07) is 6.25. The summed E-state index contributed by atoms with van der Waals surface area (Å²) in [6.07, 6.45) is 2.75. The number of carboxylic acid groups (broad SMARTS) is 1. The van der Waals surface area contributed by atoms with Gasteiger partial charge in [-0.25, -0.2) is 4.79 Å². The van der Waals surface area contributed by atoms with Crippen LogP contribution in [0, 0.1) is 13.8 Å². The zero-order chi connectivity index (χ0) is 14.3. The van der Waals surface area contributed by atoms with Crippen LogP contribution in [-0.4, -0.2) is 20.9 Å². The predicted molar refractivity (Wildman–Crippen MR) is 76.2 cm³/mol. The van der Waals surface area contributed by atoms with E-state index in [0.717, 1.165) is 36.1 Å². The molecule has 0 saturated heterocycles. The molecule has 0 bridgehead atoms. The first-order valence-electron chi connectivity index (χ1n) is 6.94. The van der Waals surface area contributed by atoms with Crippen molar-refractivity contribution in [3.05, 3.63) is 51.8 Å². The lowest BCUT2D eigenvalue weighted by Crippen LogP contribution is -2.13. The van der Waals surface area contributed by atoms with Crippen molar-refractivity contribution in [2.24, 2.45) is 0 Å².